The molecule has 0 heterocycles. The fourth-order valence-corrected chi connectivity index (χ4v) is 2.98. The first-order chi connectivity index (χ1) is 13.0. The Hall–Kier alpha value is -2.82. The average molecular weight is 367 g/mol. The topological polar surface area (TPSA) is 56.1 Å². The summed E-state index contributed by atoms with van der Waals surface area (Å²) in [7, 11) is 0. The Morgan fingerprint density at radius 2 is 1.70 bits per heavy atom. The number of anilines is 1. The number of hydrogen-bond acceptors (Lipinski definition) is 4. The Bertz CT molecular complexity index is 794. The lowest BCUT2D eigenvalue weighted by Crippen LogP contribution is -2.30. The van der Waals surface area contributed by atoms with E-state index in [1.165, 1.54) is 0 Å². The zero-order valence-electron chi connectivity index (χ0n) is 16.6. The summed E-state index contributed by atoms with van der Waals surface area (Å²) < 4.78 is 0. The third-order valence-electron chi connectivity index (χ3n) is 4.64. The number of benzene rings is 2. The van der Waals surface area contributed by atoms with Crippen LogP contribution in [0.4, 0.5) is 11.4 Å². The average Bonchev–Trinajstić information content (AvgIpc) is 2.69. The molecule has 0 radical (unpaired) electrons. The van der Waals surface area contributed by atoms with Gasteiger partial charge in [0.15, 0.2) is 0 Å². The zero-order chi connectivity index (χ0) is 19.8. The number of aromatic hydroxyl groups is 1. The van der Waals surface area contributed by atoms with E-state index in [1.54, 1.807) is 29.3 Å². The highest BCUT2D eigenvalue weighted by Crippen LogP contribution is 2.24. The molecule has 0 unspecified atom stereocenters. The van der Waals surface area contributed by atoms with Gasteiger partial charge < -0.3 is 14.9 Å². The number of phenols is 1. The van der Waals surface area contributed by atoms with Crippen LogP contribution in [-0.2, 0) is 0 Å². The van der Waals surface area contributed by atoms with Crippen LogP contribution in [0.15, 0.2) is 47.5 Å². The van der Waals surface area contributed by atoms with E-state index in [2.05, 4.69) is 23.7 Å². The molecule has 0 fully saturated rings. The van der Waals surface area contributed by atoms with Crippen molar-refractivity contribution >= 4 is 23.5 Å². The van der Waals surface area contributed by atoms with Gasteiger partial charge in [-0.05, 0) is 58.0 Å². The van der Waals surface area contributed by atoms with Crippen molar-refractivity contribution in [3.63, 3.8) is 0 Å². The molecule has 0 saturated heterocycles. The molecule has 1 amide bonds. The first-order valence-corrected chi connectivity index (χ1v) is 9.55. The minimum atomic E-state index is 0.00322. The molecule has 5 heteroatoms. The van der Waals surface area contributed by atoms with Gasteiger partial charge in [-0.2, -0.15) is 0 Å². The van der Waals surface area contributed by atoms with E-state index in [-0.39, 0.29) is 11.7 Å². The molecule has 0 aliphatic rings. The number of carbonyl (C=O) groups is 1. The Balaban J connectivity index is 2.21. The molecule has 0 aliphatic carbocycles. The van der Waals surface area contributed by atoms with Crippen LogP contribution in [0.25, 0.3) is 0 Å². The normalized spacial score (nSPS) is 11.0. The van der Waals surface area contributed by atoms with Crippen molar-refractivity contribution in [2.45, 2.75) is 27.7 Å². The lowest BCUT2D eigenvalue weighted by Gasteiger charge is -2.21. The third kappa shape index (κ3) is 5.09. The molecular formula is C22H29N3O2. The smallest absolute Gasteiger partial charge is 0.253 e. The van der Waals surface area contributed by atoms with Crippen molar-refractivity contribution in [3.05, 3.63) is 53.6 Å². The molecule has 2 rings (SSSR count). The maximum Gasteiger partial charge on any atom is 0.253 e. The molecule has 0 atom stereocenters. The Morgan fingerprint density at radius 3 is 2.30 bits per heavy atom. The van der Waals surface area contributed by atoms with Gasteiger partial charge in [0.05, 0.1) is 5.69 Å². The number of amides is 1. The van der Waals surface area contributed by atoms with Crippen LogP contribution < -0.4 is 4.90 Å². The molecular weight excluding hydrogens is 338 g/mol. The zero-order valence-corrected chi connectivity index (χ0v) is 16.6. The van der Waals surface area contributed by atoms with Gasteiger partial charge in [0.2, 0.25) is 0 Å². The summed E-state index contributed by atoms with van der Waals surface area (Å²) in [5, 5.41) is 10.3. The van der Waals surface area contributed by atoms with Crippen molar-refractivity contribution < 1.29 is 9.90 Å². The number of rotatable bonds is 8. The number of aliphatic imine (C=N–C) groups is 1. The summed E-state index contributed by atoms with van der Waals surface area (Å²) in [5.41, 5.74) is 2.93. The first kappa shape index (κ1) is 20.5. The second-order valence-electron chi connectivity index (χ2n) is 6.20. The summed E-state index contributed by atoms with van der Waals surface area (Å²) in [6.45, 7) is 11.2. The SMILES string of the molecule is CCN(CC)C(=O)c1cccc(N=Cc2ccc(N(CC)CC)cc2O)c1. The molecule has 5 nitrogen and oxygen atoms in total. The highest BCUT2D eigenvalue weighted by Gasteiger charge is 2.12. The van der Waals surface area contributed by atoms with Crippen molar-refractivity contribution in [1.82, 2.24) is 4.90 Å². The molecule has 0 saturated carbocycles. The van der Waals surface area contributed by atoms with Gasteiger partial charge in [-0.15, -0.1) is 0 Å². The molecule has 1 N–H and O–H groups in total. The van der Waals surface area contributed by atoms with Crippen LogP contribution in [0.2, 0.25) is 0 Å². The van der Waals surface area contributed by atoms with Crippen molar-refractivity contribution in [2.75, 3.05) is 31.1 Å². The van der Waals surface area contributed by atoms with Crippen LogP contribution in [-0.4, -0.2) is 48.3 Å². The summed E-state index contributed by atoms with van der Waals surface area (Å²) in [4.78, 5) is 20.9. The van der Waals surface area contributed by atoms with Gasteiger partial charge in [0, 0.05) is 55.3 Å². The van der Waals surface area contributed by atoms with E-state index in [0.717, 1.165) is 18.8 Å². The fraction of sp³-hybridized carbons (Fsp3) is 0.364. The van der Waals surface area contributed by atoms with Crippen LogP contribution in [0.1, 0.15) is 43.6 Å². The molecule has 0 aromatic heterocycles. The number of nitrogens with zero attached hydrogens (tertiary/aromatic N) is 3. The maximum absolute atomic E-state index is 12.5. The molecule has 144 valence electrons. The van der Waals surface area contributed by atoms with E-state index in [9.17, 15) is 9.90 Å². The molecule has 0 bridgehead atoms. The van der Waals surface area contributed by atoms with Crippen molar-refractivity contribution in [1.29, 1.82) is 0 Å². The molecule has 27 heavy (non-hydrogen) atoms. The van der Waals surface area contributed by atoms with E-state index in [0.29, 0.717) is 29.9 Å². The van der Waals surface area contributed by atoms with Crippen LogP contribution in [0.5, 0.6) is 5.75 Å². The van der Waals surface area contributed by atoms with Crippen LogP contribution in [0.3, 0.4) is 0 Å². The van der Waals surface area contributed by atoms with Gasteiger partial charge in [-0.1, -0.05) is 6.07 Å². The van der Waals surface area contributed by atoms with E-state index in [4.69, 9.17) is 0 Å². The van der Waals surface area contributed by atoms with Gasteiger partial charge in [0.25, 0.3) is 5.91 Å². The van der Waals surface area contributed by atoms with Gasteiger partial charge >= 0.3 is 0 Å². The van der Waals surface area contributed by atoms with Crippen molar-refractivity contribution in [3.8, 4) is 5.75 Å². The van der Waals surface area contributed by atoms with E-state index in [1.807, 2.05) is 38.1 Å². The van der Waals surface area contributed by atoms with Gasteiger partial charge in [-0.3, -0.25) is 9.79 Å². The van der Waals surface area contributed by atoms with Gasteiger partial charge in [0.1, 0.15) is 5.75 Å². The summed E-state index contributed by atoms with van der Waals surface area (Å²) >= 11 is 0. The van der Waals surface area contributed by atoms with E-state index >= 15 is 0 Å². The van der Waals surface area contributed by atoms with Crippen molar-refractivity contribution in [2.24, 2.45) is 4.99 Å². The summed E-state index contributed by atoms with van der Waals surface area (Å²) in [5.74, 6) is 0.196. The molecule has 2 aromatic carbocycles. The maximum atomic E-state index is 12.5. The second kappa shape index (κ2) is 9.76. The van der Waals surface area contributed by atoms with Crippen LogP contribution >= 0.6 is 0 Å². The highest BCUT2D eigenvalue weighted by molar-refractivity contribution is 5.95. The first-order valence-electron chi connectivity index (χ1n) is 9.55. The van der Waals surface area contributed by atoms with Gasteiger partial charge in [-0.25, -0.2) is 0 Å². The molecule has 0 aliphatic heterocycles. The highest BCUT2D eigenvalue weighted by atomic mass is 16.3. The molecule has 0 spiro atoms. The number of phenolic OH excluding ortho intramolecular Hbond substituents is 1. The lowest BCUT2D eigenvalue weighted by molar-refractivity contribution is 0.0773. The minimum Gasteiger partial charge on any atom is -0.507 e. The summed E-state index contributed by atoms with van der Waals surface area (Å²) in [6.07, 6.45) is 1.63. The van der Waals surface area contributed by atoms with E-state index < -0.39 is 0 Å². The summed E-state index contributed by atoms with van der Waals surface area (Å²) in [6, 6.07) is 12.8. The standard InChI is InChI=1S/C22H29N3O2/c1-5-24(6-2)20-13-12-18(21(26)15-20)16-23-19-11-9-10-17(14-19)22(27)25(7-3)8-4/h9-16,26H,5-8H2,1-4H3. The quantitative estimate of drug-likeness (QED) is 0.700. The number of carbonyl (C=O) groups excluding carboxylic acids is 1. The minimum absolute atomic E-state index is 0.00322. The number of hydrogen-bond donors (Lipinski definition) is 1. The monoisotopic (exact) mass is 367 g/mol. The second-order valence-corrected chi connectivity index (χ2v) is 6.20. The Morgan fingerprint density at radius 1 is 1.00 bits per heavy atom. The Labute approximate surface area is 162 Å². The fourth-order valence-electron chi connectivity index (χ4n) is 2.98. The Kier molecular flexibility index (Phi) is 7.41. The third-order valence-corrected chi connectivity index (χ3v) is 4.64. The lowest BCUT2D eigenvalue weighted by atomic mass is 10.1. The predicted molar refractivity (Wildman–Crippen MR) is 113 cm³/mol. The predicted octanol–water partition coefficient (Wildman–Crippen LogP) is 4.47. The van der Waals surface area contributed by atoms with Crippen LogP contribution in [0, 0.1) is 0 Å². The largest absolute Gasteiger partial charge is 0.507 e. The molecule has 2 aromatic rings.